The van der Waals surface area contributed by atoms with E-state index in [-0.39, 0.29) is 0 Å². The third-order valence-electron chi connectivity index (χ3n) is 2.58. The number of rotatable bonds is 1. The van der Waals surface area contributed by atoms with E-state index in [1.165, 1.54) is 6.42 Å². The molecule has 1 aliphatic heterocycles. The Morgan fingerprint density at radius 1 is 1.19 bits per heavy atom. The van der Waals surface area contributed by atoms with E-state index in [0.29, 0.717) is 21.3 Å². The van der Waals surface area contributed by atoms with Gasteiger partial charge in [0.1, 0.15) is 5.52 Å². The second-order valence-electron chi connectivity index (χ2n) is 3.67. The number of nitrogens with zero attached hydrogens (tertiary/aromatic N) is 4. The summed E-state index contributed by atoms with van der Waals surface area (Å²) in [6, 6.07) is 1.71. The van der Waals surface area contributed by atoms with Crippen LogP contribution >= 0.6 is 23.2 Å². The quantitative estimate of drug-likeness (QED) is 0.785. The predicted molar refractivity (Wildman–Crippen MR) is 64.2 cm³/mol. The molecule has 0 saturated carbocycles. The first kappa shape index (κ1) is 10.1. The second kappa shape index (κ2) is 3.71. The molecule has 0 aromatic carbocycles. The fourth-order valence-corrected chi connectivity index (χ4v) is 2.03. The summed E-state index contributed by atoms with van der Waals surface area (Å²) in [5.41, 5.74) is 1.21. The van der Waals surface area contributed by atoms with Gasteiger partial charge in [0.15, 0.2) is 16.6 Å². The molecule has 0 spiro atoms. The molecule has 0 bridgehead atoms. The Morgan fingerprint density at radius 2 is 2.00 bits per heavy atom. The summed E-state index contributed by atoms with van der Waals surface area (Å²) in [7, 11) is 0. The topological polar surface area (TPSA) is 41.9 Å². The maximum Gasteiger partial charge on any atom is 0.180 e. The SMILES string of the molecule is Clc1cnc2nc(N3CCC3)c(Cl)nc2c1. The van der Waals surface area contributed by atoms with Crippen LogP contribution in [0, 0.1) is 0 Å². The van der Waals surface area contributed by atoms with Crippen molar-refractivity contribution < 1.29 is 0 Å². The molecule has 3 rings (SSSR count). The van der Waals surface area contributed by atoms with Gasteiger partial charge in [0.25, 0.3) is 0 Å². The van der Waals surface area contributed by atoms with Crippen LogP contribution in [-0.2, 0) is 0 Å². The summed E-state index contributed by atoms with van der Waals surface area (Å²) in [6.07, 6.45) is 2.73. The summed E-state index contributed by atoms with van der Waals surface area (Å²) in [4.78, 5) is 14.9. The van der Waals surface area contributed by atoms with Crippen molar-refractivity contribution in [1.29, 1.82) is 0 Å². The number of halogens is 2. The van der Waals surface area contributed by atoms with Crippen molar-refractivity contribution in [1.82, 2.24) is 15.0 Å². The summed E-state index contributed by atoms with van der Waals surface area (Å²) < 4.78 is 0. The summed E-state index contributed by atoms with van der Waals surface area (Å²) in [6.45, 7) is 1.96. The van der Waals surface area contributed by atoms with Gasteiger partial charge < -0.3 is 4.90 Å². The molecule has 1 aliphatic rings. The van der Waals surface area contributed by atoms with Crippen LogP contribution in [0.4, 0.5) is 5.82 Å². The predicted octanol–water partition coefficient (Wildman–Crippen LogP) is 2.54. The van der Waals surface area contributed by atoms with Crippen molar-refractivity contribution in [2.75, 3.05) is 18.0 Å². The van der Waals surface area contributed by atoms with Crippen LogP contribution < -0.4 is 4.90 Å². The lowest BCUT2D eigenvalue weighted by molar-refractivity contribution is 0.609. The van der Waals surface area contributed by atoms with Gasteiger partial charge in [0.2, 0.25) is 0 Å². The molecule has 0 radical (unpaired) electrons. The summed E-state index contributed by atoms with van der Waals surface area (Å²) in [5, 5.41) is 0.950. The lowest BCUT2D eigenvalue weighted by Crippen LogP contribution is -2.38. The highest BCUT2D eigenvalue weighted by molar-refractivity contribution is 6.32. The van der Waals surface area contributed by atoms with Gasteiger partial charge in [-0.05, 0) is 12.5 Å². The van der Waals surface area contributed by atoms with E-state index in [2.05, 4.69) is 19.9 Å². The molecule has 0 unspecified atom stereocenters. The maximum absolute atomic E-state index is 6.08. The Kier molecular flexibility index (Phi) is 2.33. The summed E-state index contributed by atoms with van der Waals surface area (Å²) in [5.74, 6) is 0.718. The number of hydrogen-bond donors (Lipinski definition) is 0. The van der Waals surface area contributed by atoms with Crippen molar-refractivity contribution in [2.45, 2.75) is 6.42 Å². The first-order valence-corrected chi connectivity index (χ1v) is 5.73. The smallest absolute Gasteiger partial charge is 0.180 e. The van der Waals surface area contributed by atoms with E-state index < -0.39 is 0 Å². The molecule has 16 heavy (non-hydrogen) atoms. The van der Waals surface area contributed by atoms with Crippen LogP contribution in [0.5, 0.6) is 0 Å². The molecule has 0 N–H and O–H groups in total. The Hall–Kier alpha value is -1.13. The molecular weight excluding hydrogens is 247 g/mol. The lowest BCUT2D eigenvalue weighted by atomic mass is 10.2. The van der Waals surface area contributed by atoms with Crippen LogP contribution in [-0.4, -0.2) is 28.0 Å². The second-order valence-corrected chi connectivity index (χ2v) is 4.47. The van der Waals surface area contributed by atoms with Crippen molar-refractivity contribution >= 4 is 40.2 Å². The minimum atomic E-state index is 0.413. The Labute approximate surface area is 102 Å². The molecule has 1 fully saturated rings. The van der Waals surface area contributed by atoms with Gasteiger partial charge in [0.05, 0.1) is 5.02 Å². The molecule has 0 aliphatic carbocycles. The van der Waals surface area contributed by atoms with E-state index in [0.717, 1.165) is 18.9 Å². The maximum atomic E-state index is 6.08. The Bertz CT molecular complexity index is 554. The number of hydrogen-bond acceptors (Lipinski definition) is 4. The van der Waals surface area contributed by atoms with E-state index in [1.807, 2.05) is 0 Å². The van der Waals surface area contributed by atoms with Crippen LogP contribution in [0.25, 0.3) is 11.2 Å². The van der Waals surface area contributed by atoms with Crippen molar-refractivity contribution in [2.24, 2.45) is 0 Å². The molecule has 3 heterocycles. The molecule has 2 aromatic heterocycles. The van der Waals surface area contributed by atoms with Gasteiger partial charge in [-0.15, -0.1) is 0 Å². The third-order valence-corrected chi connectivity index (χ3v) is 3.04. The molecular formula is C10H8Cl2N4. The number of aromatic nitrogens is 3. The molecule has 0 amide bonds. The van der Waals surface area contributed by atoms with Gasteiger partial charge in [-0.3, -0.25) is 0 Å². The van der Waals surface area contributed by atoms with Crippen LogP contribution in [0.3, 0.4) is 0 Å². The molecule has 6 heteroatoms. The number of pyridine rings is 1. The molecule has 1 saturated heterocycles. The average molecular weight is 255 g/mol. The number of anilines is 1. The minimum absolute atomic E-state index is 0.413. The van der Waals surface area contributed by atoms with Crippen molar-refractivity contribution in [3.05, 3.63) is 22.4 Å². The highest BCUT2D eigenvalue weighted by atomic mass is 35.5. The third kappa shape index (κ3) is 1.58. The normalized spacial score (nSPS) is 15.2. The fraction of sp³-hybridized carbons (Fsp3) is 0.300. The van der Waals surface area contributed by atoms with E-state index in [4.69, 9.17) is 23.2 Å². The number of fused-ring (bicyclic) bond motifs is 1. The monoisotopic (exact) mass is 254 g/mol. The van der Waals surface area contributed by atoms with Gasteiger partial charge in [-0.2, -0.15) is 0 Å². The van der Waals surface area contributed by atoms with Gasteiger partial charge >= 0.3 is 0 Å². The first-order valence-electron chi connectivity index (χ1n) is 4.98. The molecule has 82 valence electrons. The zero-order valence-corrected chi connectivity index (χ0v) is 9.83. The van der Waals surface area contributed by atoms with E-state index in [1.54, 1.807) is 12.3 Å². The van der Waals surface area contributed by atoms with E-state index >= 15 is 0 Å². The Morgan fingerprint density at radius 3 is 2.69 bits per heavy atom. The van der Waals surface area contributed by atoms with Crippen LogP contribution in [0.15, 0.2) is 12.3 Å². The van der Waals surface area contributed by atoms with Crippen LogP contribution in [0.1, 0.15) is 6.42 Å². The minimum Gasteiger partial charge on any atom is -0.354 e. The molecule has 2 aromatic rings. The van der Waals surface area contributed by atoms with Crippen molar-refractivity contribution in [3.8, 4) is 0 Å². The van der Waals surface area contributed by atoms with E-state index in [9.17, 15) is 0 Å². The Balaban J connectivity index is 2.17. The van der Waals surface area contributed by atoms with Crippen molar-refractivity contribution in [3.63, 3.8) is 0 Å². The highest BCUT2D eigenvalue weighted by Gasteiger charge is 2.20. The zero-order chi connectivity index (χ0) is 11.1. The fourth-order valence-electron chi connectivity index (χ4n) is 1.62. The average Bonchev–Trinajstić information content (AvgIpc) is 2.16. The standard InChI is InChI=1S/C10H8Cl2N4/c11-6-4-7-9(13-5-6)15-10(8(12)14-7)16-2-1-3-16/h4-5H,1-3H2. The van der Waals surface area contributed by atoms with Gasteiger partial charge in [-0.25, -0.2) is 15.0 Å². The lowest BCUT2D eigenvalue weighted by Gasteiger charge is -2.32. The zero-order valence-electron chi connectivity index (χ0n) is 8.32. The van der Waals surface area contributed by atoms with Gasteiger partial charge in [-0.1, -0.05) is 23.2 Å². The molecule has 4 nitrogen and oxygen atoms in total. The first-order chi connectivity index (χ1) is 7.74. The van der Waals surface area contributed by atoms with Gasteiger partial charge in [0, 0.05) is 19.3 Å². The highest BCUT2D eigenvalue weighted by Crippen LogP contribution is 2.27. The molecule has 0 atom stereocenters. The summed E-state index contributed by atoms with van der Waals surface area (Å²) >= 11 is 11.9. The van der Waals surface area contributed by atoms with Crippen LogP contribution in [0.2, 0.25) is 10.2 Å². The largest absolute Gasteiger partial charge is 0.354 e.